The first-order valence-corrected chi connectivity index (χ1v) is 42.6. The van der Waals surface area contributed by atoms with Crippen LogP contribution in [0.1, 0.15) is 284 Å². The first-order chi connectivity index (χ1) is 53.3. The molecule has 624 valence electrons. The quantitative estimate of drug-likeness (QED) is 0.0199. The fourth-order valence-corrected chi connectivity index (χ4v) is 13.3. The summed E-state index contributed by atoms with van der Waals surface area (Å²) in [6.07, 6.45) is 72.6. The molecule has 109 heavy (non-hydrogen) atoms. The van der Waals surface area contributed by atoms with Crippen molar-refractivity contribution in [2.45, 2.75) is 388 Å². The smallest absolute Gasteiger partial charge is 0.220 e. The third-order valence-corrected chi connectivity index (χ3v) is 20.1. The number of nitrogens with one attached hydrogen (secondary N) is 1. The molecule has 0 spiro atoms. The standard InChI is InChI=1S/C90H151NO18/c1-3-5-7-9-11-13-15-17-19-21-23-25-27-28-29-30-31-32-33-34-35-36-37-38-39-40-41-42-43-44-46-48-50-52-54-56-58-60-62-64-66-68-78(96)91-73(74(95)67-65-63-61-59-57-55-53-51-49-47-45-26-24-22-20-18-16-14-12-10-8-6-4-2)72-104-88-84(102)81(99)86(76(70-93)106-88)109-90-85(103)82(100)87(77(71-94)107-90)108-89-83(101)80(98)79(97)75(69-92)105-89/h5,7,11,13,17,19,23,25,28-29,31-32,34-35,37-38,40-41,49,51,57,59,65,67,73-77,79-90,92-95,97-103H,3-4,6,8-10,12,14-16,18,20-22,24,26-27,30,33,36,39,42-48,50,52-56,58,60-64,66,68-72H2,1-2H3,(H,91,96)/b7-5-,13-11-,19-17-,25-23-,29-28-,32-31-,35-34-,38-37-,41-40-,51-49+,59-57+,67-65+. The molecule has 3 aliphatic rings. The fourth-order valence-electron chi connectivity index (χ4n) is 13.3. The minimum Gasteiger partial charge on any atom is -0.394 e. The van der Waals surface area contributed by atoms with E-state index in [1.54, 1.807) is 6.08 Å². The average molecular weight is 1540 g/mol. The van der Waals surface area contributed by atoms with Gasteiger partial charge in [-0.2, -0.15) is 0 Å². The predicted molar refractivity (Wildman–Crippen MR) is 438 cm³/mol. The summed E-state index contributed by atoms with van der Waals surface area (Å²) in [6.45, 7) is 1.60. The summed E-state index contributed by atoms with van der Waals surface area (Å²) < 4.78 is 34.4. The Bertz CT molecular complexity index is 2540. The summed E-state index contributed by atoms with van der Waals surface area (Å²) in [5.41, 5.74) is 0. The van der Waals surface area contributed by atoms with Crippen molar-refractivity contribution in [3.63, 3.8) is 0 Å². The first kappa shape index (κ1) is 98.9. The fraction of sp³-hybridized carbons (Fsp3) is 0.722. The molecule has 3 heterocycles. The van der Waals surface area contributed by atoms with E-state index in [0.717, 1.165) is 116 Å². The highest BCUT2D eigenvalue weighted by Crippen LogP contribution is 2.33. The molecule has 19 heteroatoms. The summed E-state index contributed by atoms with van der Waals surface area (Å²) in [4.78, 5) is 13.5. The number of aliphatic hydroxyl groups is 11. The van der Waals surface area contributed by atoms with Crippen LogP contribution in [0.3, 0.4) is 0 Å². The molecule has 0 aromatic carbocycles. The Morgan fingerprint density at radius 3 is 1.03 bits per heavy atom. The van der Waals surface area contributed by atoms with Crippen LogP contribution in [0.2, 0.25) is 0 Å². The van der Waals surface area contributed by atoms with Gasteiger partial charge in [-0.3, -0.25) is 4.79 Å². The Labute approximate surface area is 657 Å². The van der Waals surface area contributed by atoms with E-state index in [4.69, 9.17) is 28.4 Å². The number of hydrogen-bond acceptors (Lipinski definition) is 18. The number of aliphatic hydroxyl groups excluding tert-OH is 11. The van der Waals surface area contributed by atoms with Gasteiger partial charge in [0, 0.05) is 6.42 Å². The summed E-state index contributed by atoms with van der Waals surface area (Å²) in [7, 11) is 0. The molecule has 0 aromatic rings. The zero-order valence-corrected chi connectivity index (χ0v) is 67.0. The molecule has 0 aliphatic carbocycles. The Morgan fingerprint density at radius 1 is 0.339 bits per heavy atom. The van der Waals surface area contributed by atoms with Gasteiger partial charge >= 0.3 is 0 Å². The van der Waals surface area contributed by atoms with Crippen molar-refractivity contribution in [2.24, 2.45) is 0 Å². The third kappa shape index (κ3) is 47.2. The Balaban J connectivity index is 1.34. The van der Waals surface area contributed by atoms with Crippen LogP contribution in [-0.2, 0) is 33.2 Å². The van der Waals surface area contributed by atoms with Crippen molar-refractivity contribution in [3.8, 4) is 0 Å². The molecule has 3 fully saturated rings. The van der Waals surface area contributed by atoms with Gasteiger partial charge in [-0.05, 0) is 116 Å². The highest BCUT2D eigenvalue weighted by Gasteiger charge is 2.54. The van der Waals surface area contributed by atoms with Gasteiger partial charge in [0.1, 0.15) is 73.2 Å². The summed E-state index contributed by atoms with van der Waals surface area (Å²) in [6, 6.07) is -1.01. The summed E-state index contributed by atoms with van der Waals surface area (Å²) in [5.74, 6) is -0.294. The van der Waals surface area contributed by atoms with Crippen LogP contribution >= 0.6 is 0 Å². The maximum absolute atomic E-state index is 13.5. The van der Waals surface area contributed by atoms with E-state index >= 15 is 0 Å². The zero-order valence-electron chi connectivity index (χ0n) is 67.0. The number of amides is 1. The molecule has 17 atom stereocenters. The molecular weight excluding hydrogens is 1380 g/mol. The van der Waals surface area contributed by atoms with E-state index in [0.29, 0.717) is 12.8 Å². The number of carbonyl (C=O) groups excluding carboxylic acids is 1. The molecule has 12 N–H and O–H groups in total. The monoisotopic (exact) mass is 1530 g/mol. The Hall–Kier alpha value is -4.33. The van der Waals surface area contributed by atoms with Crippen LogP contribution < -0.4 is 5.32 Å². The number of unbranched alkanes of at least 4 members (excludes halogenated alkanes) is 28. The molecule has 19 nitrogen and oxygen atoms in total. The topological polar surface area (TPSA) is 307 Å². The first-order valence-electron chi connectivity index (χ1n) is 42.6. The van der Waals surface area contributed by atoms with Gasteiger partial charge in [0.2, 0.25) is 5.91 Å². The van der Waals surface area contributed by atoms with E-state index in [9.17, 15) is 61.0 Å². The highest BCUT2D eigenvalue weighted by molar-refractivity contribution is 5.76. The lowest BCUT2D eigenvalue weighted by Gasteiger charge is -2.48. The number of ether oxygens (including phenoxy) is 6. The minimum atomic E-state index is -1.99. The van der Waals surface area contributed by atoms with Crippen LogP contribution in [0.25, 0.3) is 0 Å². The average Bonchev–Trinajstić information content (AvgIpc) is 0.760. The van der Waals surface area contributed by atoms with Crippen molar-refractivity contribution >= 4 is 5.91 Å². The molecule has 3 rings (SSSR count). The highest BCUT2D eigenvalue weighted by atomic mass is 16.8. The molecule has 1 amide bonds. The van der Waals surface area contributed by atoms with Crippen molar-refractivity contribution in [3.05, 3.63) is 146 Å². The SMILES string of the molecule is CC/C=C\C/C=C\C/C=C\C/C=C\C/C=C\C/C=C\C/C=C\C/C=C\C/C=C\CCCCCCCCCCCCCCCC(=O)NC(COC1OC(CO)C(OC2OC(CO)C(OC3OC(CO)C(O)C(O)C3O)C(O)C2O)C(O)C1O)C(O)/C=C/CC/C=C/CC/C=C/CCCCCCCCCCCCCCC. The lowest BCUT2D eigenvalue weighted by atomic mass is 9.96. The second-order valence-electron chi connectivity index (χ2n) is 29.5. The maximum atomic E-state index is 13.5. The minimum absolute atomic E-state index is 0.222. The van der Waals surface area contributed by atoms with Crippen molar-refractivity contribution < 1.29 is 89.4 Å². The predicted octanol–water partition coefficient (Wildman–Crippen LogP) is 15.4. The lowest BCUT2D eigenvalue weighted by Crippen LogP contribution is -2.66. The summed E-state index contributed by atoms with van der Waals surface area (Å²) >= 11 is 0. The molecule has 0 aromatic heterocycles. The van der Waals surface area contributed by atoms with Gasteiger partial charge in [-0.15, -0.1) is 0 Å². The number of allylic oxidation sites excluding steroid dienone is 23. The van der Waals surface area contributed by atoms with E-state index in [-0.39, 0.29) is 18.9 Å². The molecule has 0 bridgehead atoms. The van der Waals surface area contributed by atoms with Crippen LogP contribution in [0.4, 0.5) is 0 Å². The van der Waals surface area contributed by atoms with E-state index in [2.05, 4.69) is 153 Å². The number of rotatable bonds is 66. The van der Waals surface area contributed by atoms with Crippen molar-refractivity contribution in [2.75, 3.05) is 26.4 Å². The normalized spacial score (nSPS) is 26.0. The van der Waals surface area contributed by atoms with Crippen LogP contribution in [-0.4, -0.2) is 193 Å². The van der Waals surface area contributed by atoms with Gasteiger partial charge in [-0.25, -0.2) is 0 Å². The third-order valence-electron chi connectivity index (χ3n) is 20.1. The van der Waals surface area contributed by atoms with Gasteiger partial charge < -0.3 is 89.9 Å². The molecule has 3 aliphatic heterocycles. The largest absolute Gasteiger partial charge is 0.394 e. The molecular formula is C90H151NO18. The van der Waals surface area contributed by atoms with E-state index < -0.39 is 124 Å². The summed E-state index contributed by atoms with van der Waals surface area (Å²) in [5, 5.41) is 121. The number of carbonyl (C=O) groups is 1. The van der Waals surface area contributed by atoms with Gasteiger partial charge in [0.25, 0.3) is 0 Å². The van der Waals surface area contributed by atoms with Gasteiger partial charge in [0.05, 0.1) is 38.6 Å². The van der Waals surface area contributed by atoms with Gasteiger partial charge in [-0.1, -0.05) is 307 Å². The van der Waals surface area contributed by atoms with Gasteiger partial charge in [0.15, 0.2) is 18.9 Å². The van der Waals surface area contributed by atoms with Crippen LogP contribution in [0.15, 0.2) is 146 Å². The molecule has 0 saturated carbocycles. The van der Waals surface area contributed by atoms with Crippen molar-refractivity contribution in [1.82, 2.24) is 5.32 Å². The Morgan fingerprint density at radius 2 is 0.642 bits per heavy atom. The van der Waals surface area contributed by atoms with E-state index in [1.165, 1.54) is 135 Å². The van der Waals surface area contributed by atoms with Crippen LogP contribution in [0, 0.1) is 0 Å². The molecule has 3 saturated heterocycles. The second-order valence-corrected chi connectivity index (χ2v) is 29.5. The molecule has 0 radical (unpaired) electrons. The maximum Gasteiger partial charge on any atom is 0.220 e. The zero-order chi connectivity index (χ0) is 78.8. The Kier molecular flexibility index (Phi) is 61.8. The molecule has 17 unspecified atom stereocenters. The number of hydrogen-bond donors (Lipinski definition) is 12. The second kappa shape index (κ2) is 68.1. The van der Waals surface area contributed by atoms with Crippen molar-refractivity contribution in [1.29, 1.82) is 0 Å². The van der Waals surface area contributed by atoms with Crippen LogP contribution in [0.5, 0.6) is 0 Å². The van der Waals surface area contributed by atoms with E-state index in [1.807, 2.05) is 6.08 Å². The lowest BCUT2D eigenvalue weighted by molar-refractivity contribution is -0.379.